The number of aliphatic hydroxyl groups is 1. The highest BCUT2D eigenvalue weighted by molar-refractivity contribution is 5.64. The van der Waals surface area contributed by atoms with E-state index < -0.39 is 10.5 Å². The van der Waals surface area contributed by atoms with Crippen LogP contribution < -0.4 is 5.32 Å². The van der Waals surface area contributed by atoms with E-state index in [1.54, 1.807) is 6.07 Å². The number of nitrogens with zero attached hydrogens (tertiary/aromatic N) is 3. The third-order valence-electron chi connectivity index (χ3n) is 3.60. The number of nitro groups is 1. The standard InChI is InChI=1S/C13H16N4O3/c14-8-10-4-7-15-12(11(10)17(19)20)16-9-13(18)5-2-1-3-6-13/h4,7,18H,1-3,5-6,9H2,(H,15,16). The molecule has 2 N–H and O–H groups in total. The van der Waals surface area contributed by atoms with E-state index in [0.29, 0.717) is 12.8 Å². The van der Waals surface area contributed by atoms with Crippen LogP contribution in [0, 0.1) is 21.4 Å². The van der Waals surface area contributed by atoms with Crippen molar-refractivity contribution >= 4 is 11.5 Å². The third-order valence-corrected chi connectivity index (χ3v) is 3.60. The van der Waals surface area contributed by atoms with Crippen molar-refractivity contribution in [1.29, 1.82) is 5.26 Å². The first-order valence-corrected chi connectivity index (χ1v) is 6.55. The Bertz CT molecular complexity index is 547. The molecule has 106 valence electrons. The molecule has 2 rings (SSSR count). The Labute approximate surface area is 116 Å². The van der Waals surface area contributed by atoms with Crippen molar-refractivity contribution < 1.29 is 10.0 Å². The largest absolute Gasteiger partial charge is 0.388 e. The average molecular weight is 276 g/mol. The van der Waals surface area contributed by atoms with Crippen LogP contribution in [0.2, 0.25) is 0 Å². The quantitative estimate of drug-likeness (QED) is 0.642. The SMILES string of the molecule is N#Cc1ccnc(NCC2(O)CCCCC2)c1[N+](=O)[O-]. The minimum atomic E-state index is -0.851. The van der Waals surface area contributed by atoms with Crippen LogP contribution in [0.1, 0.15) is 37.7 Å². The second kappa shape index (κ2) is 5.84. The molecule has 0 amide bonds. The number of hydrogen-bond acceptors (Lipinski definition) is 6. The fourth-order valence-corrected chi connectivity index (χ4v) is 2.49. The highest BCUT2D eigenvalue weighted by Gasteiger charge is 2.30. The summed E-state index contributed by atoms with van der Waals surface area (Å²) in [7, 11) is 0. The van der Waals surface area contributed by atoms with Gasteiger partial charge >= 0.3 is 5.69 Å². The molecule has 7 heteroatoms. The van der Waals surface area contributed by atoms with Crippen LogP contribution in [0.5, 0.6) is 0 Å². The third kappa shape index (κ3) is 3.03. The molecule has 7 nitrogen and oxygen atoms in total. The lowest BCUT2D eigenvalue weighted by Crippen LogP contribution is -2.39. The van der Waals surface area contributed by atoms with E-state index in [1.807, 2.05) is 0 Å². The van der Waals surface area contributed by atoms with Gasteiger partial charge in [0.2, 0.25) is 5.82 Å². The lowest BCUT2D eigenvalue weighted by atomic mass is 9.85. The molecule has 1 aromatic heterocycles. The van der Waals surface area contributed by atoms with Crippen molar-refractivity contribution in [3.63, 3.8) is 0 Å². The van der Waals surface area contributed by atoms with E-state index in [-0.39, 0.29) is 23.6 Å². The molecule has 0 bridgehead atoms. The molecule has 0 aliphatic heterocycles. The number of rotatable bonds is 4. The average Bonchev–Trinajstić information content (AvgIpc) is 2.45. The van der Waals surface area contributed by atoms with Crippen LogP contribution in [0.3, 0.4) is 0 Å². The van der Waals surface area contributed by atoms with Crippen LogP contribution in [-0.4, -0.2) is 27.2 Å². The molecule has 1 heterocycles. The molecule has 0 radical (unpaired) electrons. The van der Waals surface area contributed by atoms with Crippen molar-refractivity contribution in [3.8, 4) is 6.07 Å². The van der Waals surface area contributed by atoms with E-state index >= 15 is 0 Å². The summed E-state index contributed by atoms with van der Waals surface area (Å²) in [6.45, 7) is 0.204. The van der Waals surface area contributed by atoms with Crippen LogP contribution in [-0.2, 0) is 0 Å². The van der Waals surface area contributed by atoms with Crippen molar-refractivity contribution in [2.75, 3.05) is 11.9 Å². The van der Waals surface area contributed by atoms with E-state index in [4.69, 9.17) is 5.26 Å². The van der Waals surface area contributed by atoms with Gasteiger partial charge in [-0.2, -0.15) is 5.26 Å². The number of aromatic nitrogens is 1. The topological polar surface area (TPSA) is 112 Å². The van der Waals surface area contributed by atoms with Crippen LogP contribution in [0.15, 0.2) is 12.3 Å². The van der Waals surface area contributed by atoms with E-state index in [2.05, 4.69) is 10.3 Å². The minimum absolute atomic E-state index is 0.0352. The van der Waals surface area contributed by atoms with Gasteiger partial charge in [0.1, 0.15) is 11.6 Å². The predicted molar refractivity (Wildman–Crippen MR) is 72.1 cm³/mol. The predicted octanol–water partition coefficient (Wildman–Crippen LogP) is 1.97. The van der Waals surface area contributed by atoms with Gasteiger partial charge in [-0.3, -0.25) is 10.1 Å². The van der Waals surface area contributed by atoms with Gasteiger partial charge in [-0.15, -0.1) is 0 Å². The Morgan fingerprint density at radius 2 is 2.20 bits per heavy atom. The van der Waals surface area contributed by atoms with Crippen molar-refractivity contribution in [3.05, 3.63) is 27.9 Å². The second-order valence-corrected chi connectivity index (χ2v) is 5.06. The lowest BCUT2D eigenvalue weighted by molar-refractivity contribution is -0.384. The zero-order chi connectivity index (χ0) is 14.6. The molecule has 1 aliphatic rings. The molecule has 20 heavy (non-hydrogen) atoms. The van der Waals surface area contributed by atoms with Crippen LogP contribution >= 0.6 is 0 Å². The molecule has 1 saturated carbocycles. The van der Waals surface area contributed by atoms with Gasteiger partial charge in [-0.1, -0.05) is 19.3 Å². The van der Waals surface area contributed by atoms with E-state index in [9.17, 15) is 15.2 Å². The Morgan fingerprint density at radius 3 is 2.80 bits per heavy atom. The number of pyridine rings is 1. The van der Waals surface area contributed by atoms with Gasteiger partial charge in [-0.05, 0) is 18.9 Å². The molecular weight excluding hydrogens is 260 g/mol. The highest BCUT2D eigenvalue weighted by Crippen LogP contribution is 2.30. The maximum absolute atomic E-state index is 11.0. The number of nitrogens with one attached hydrogen (secondary N) is 1. The maximum Gasteiger partial charge on any atom is 0.328 e. The summed E-state index contributed by atoms with van der Waals surface area (Å²) in [5.41, 5.74) is -1.23. The molecule has 0 atom stereocenters. The summed E-state index contributed by atoms with van der Waals surface area (Å²) in [5.74, 6) is 0.0352. The molecule has 1 aliphatic carbocycles. The molecule has 0 spiro atoms. The first-order chi connectivity index (χ1) is 9.56. The molecule has 1 aromatic rings. The highest BCUT2D eigenvalue weighted by atomic mass is 16.6. The monoisotopic (exact) mass is 276 g/mol. The summed E-state index contributed by atoms with van der Waals surface area (Å²) in [5, 5.41) is 33.1. The Balaban J connectivity index is 2.17. The lowest BCUT2D eigenvalue weighted by Gasteiger charge is -2.32. The Kier molecular flexibility index (Phi) is 4.15. The zero-order valence-corrected chi connectivity index (χ0v) is 11.0. The summed E-state index contributed by atoms with van der Waals surface area (Å²) >= 11 is 0. The van der Waals surface area contributed by atoms with Gasteiger partial charge in [0.15, 0.2) is 0 Å². The van der Waals surface area contributed by atoms with Gasteiger partial charge in [0.25, 0.3) is 0 Å². The second-order valence-electron chi connectivity index (χ2n) is 5.06. The summed E-state index contributed by atoms with van der Waals surface area (Å²) < 4.78 is 0. The Morgan fingerprint density at radius 1 is 1.50 bits per heavy atom. The van der Waals surface area contributed by atoms with Gasteiger partial charge < -0.3 is 10.4 Å². The smallest absolute Gasteiger partial charge is 0.328 e. The minimum Gasteiger partial charge on any atom is -0.388 e. The number of nitriles is 1. The molecule has 0 saturated heterocycles. The molecule has 0 aromatic carbocycles. The van der Waals surface area contributed by atoms with Gasteiger partial charge in [0, 0.05) is 12.7 Å². The van der Waals surface area contributed by atoms with Crippen molar-refractivity contribution in [2.24, 2.45) is 0 Å². The number of hydrogen-bond donors (Lipinski definition) is 2. The molecule has 0 unspecified atom stereocenters. The number of anilines is 1. The summed E-state index contributed by atoms with van der Waals surface area (Å²) in [6.07, 6.45) is 5.69. The van der Waals surface area contributed by atoms with Crippen molar-refractivity contribution in [1.82, 2.24) is 4.98 Å². The van der Waals surface area contributed by atoms with Crippen LogP contribution in [0.4, 0.5) is 11.5 Å². The Hall–Kier alpha value is -2.20. The van der Waals surface area contributed by atoms with E-state index in [0.717, 1.165) is 19.3 Å². The zero-order valence-electron chi connectivity index (χ0n) is 11.0. The fourth-order valence-electron chi connectivity index (χ4n) is 2.49. The molecule has 1 fully saturated rings. The van der Waals surface area contributed by atoms with Gasteiger partial charge in [0.05, 0.1) is 10.5 Å². The summed E-state index contributed by atoms with van der Waals surface area (Å²) in [4.78, 5) is 14.3. The normalized spacial score (nSPS) is 17.2. The maximum atomic E-state index is 11.0. The van der Waals surface area contributed by atoms with Crippen LogP contribution in [0.25, 0.3) is 0 Å². The van der Waals surface area contributed by atoms with E-state index in [1.165, 1.54) is 12.3 Å². The van der Waals surface area contributed by atoms with Gasteiger partial charge in [-0.25, -0.2) is 4.98 Å². The first-order valence-electron chi connectivity index (χ1n) is 6.55. The molecular formula is C13H16N4O3. The van der Waals surface area contributed by atoms with Crippen molar-refractivity contribution in [2.45, 2.75) is 37.7 Å². The fraction of sp³-hybridized carbons (Fsp3) is 0.538. The summed E-state index contributed by atoms with van der Waals surface area (Å²) in [6, 6.07) is 3.08. The first kappa shape index (κ1) is 14.2.